The number of benzene rings is 1. The highest BCUT2D eigenvalue weighted by molar-refractivity contribution is 8.01. The molecule has 3 aliphatic rings. The molecule has 4 amide bonds. The highest BCUT2D eigenvalue weighted by Gasteiger charge is 2.64. The smallest absolute Gasteiger partial charge is 0.409 e. The summed E-state index contributed by atoms with van der Waals surface area (Å²) in [5, 5.41) is 17.5. The Balaban J connectivity index is 1.58. The van der Waals surface area contributed by atoms with E-state index in [2.05, 4.69) is 31.4 Å². The molecule has 1 aromatic carbocycles. The standard InChI is InChI=1S/C46H69ClN4O11S/c1-27-15-14-16-34(59-13)46(57)25-33(60-42(56)49-46)28(2)40-45(9,62-40)35(24-38(54)51(11)31-22-30(21-27)23-32(58-12)39(31)47)61-41(55)29(3)50(10)37(53)17-18-44(7,8)63-26-36(52)48-20-19-43(4,5)6/h14-16,22-23,28-29,33-35,40,57H,17-21,24-26H2,1-13H3,(H,48,52)(H,49,56)/b16-14+,27-15+/t28-,29+,33+,34-,35+,40+,45-,46+/m1/s1. The summed E-state index contributed by atoms with van der Waals surface area (Å²) in [5.41, 5.74) is -0.898. The van der Waals surface area contributed by atoms with Gasteiger partial charge in [0, 0.05) is 51.3 Å². The summed E-state index contributed by atoms with van der Waals surface area (Å²) in [6.45, 7) is 17.9. The summed E-state index contributed by atoms with van der Waals surface area (Å²) in [5.74, 6) is -1.50. The molecule has 2 saturated heterocycles. The number of methoxy groups -OCH3 is 2. The number of amides is 4. The summed E-state index contributed by atoms with van der Waals surface area (Å²) in [6.07, 6.45) is 2.18. The number of ether oxygens (including phenoxy) is 5. The van der Waals surface area contributed by atoms with Gasteiger partial charge in [-0.1, -0.05) is 76.9 Å². The molecule has 0 aliphatic carbocycles. The van der Waals surface area contributed by atoms with Gasteiger partial charge in [0.05, 0.1) is 31.1 Å². The van der Waals surface area contributed by atoms with Crippen LogP contribution in [0.2, 0.25) is 5.02 Å². The number of anilines is 1. The number of epoxide rings is 1. The molecule has 17 heteroatoms. The molecular formula is C46H69ClN4O11S. The highest BCUT2D eigenvalue weighted by atomic mass is 35.5. The van der Waals surface area contributed by atoms with E-state index >= 15 is 0 Å². The number of hydrogen-bond acceptors (Lipinski definition) is 12. The lowest BCUT2D eigenvalue weighted by Gasteiger charge is -2.42. The Morgan fingerprint density at radius 1 is 1.16 bits per heavy atom. The van der Waals surface area contributed by atoms with E-state index in [0.29, 0.717) is 30.8 Å². The zero-order valence-corrected chi connectivity index (χ0v) is 40.8. The van der Waals surface area contributed by atoms with Gasteiger partial charge in [-0.05, 0) is 63.1 Å². The van der Waals surface area contributed by atoms with Crippen LogP contribution >= 0.6 is 23.4 Å². The molecule has 15 nitrogen and oxygen atoms in total. The third kappa shape index (κ3) is 13.6. The van der Waals surface area contributed by atoms with Crippen LogP contribution < -0.4 is 20.3 Å². The maximum Gasteiger partial charge on any atom is 0.409 e. The summed E-state index contributed by atoms with van der Waals surface area (Å²) in [7, 11) is 6.01. The van der Waals surface area contributed by atoms with E-state index in [1.54, 1.807) is 52.1 Å². The first-order valence-corrected chi connectivity index (χ1v) is 22.9. The lowest BCUT2D eigenvalue weighted by molar-refractivity contribution is -0.162. The van der Waals surface area contributed by atoms with E-state index in [4.69, 9.17) is 35.3 Å². The van der Waals surface area contributed by atoms with E-state index in [1.807, 2.05) is 26.8 Å². The number of allylic oxidation sites excluding steroid dienone is 3. The SMILES string of the molecule is COc1cc2cc(c1Cl)N(C)C(=O)C[C@H](OC(=O)[C@H](C)N(C)C(=O)CCC(C)(C)SCC(=O)NCCC(C)(C)C)[C@@]1(C)O[C@H]1[C@H](C)[C@@H]1C[C@@](O)(NC(=O)O1)[C@H](OC)/C=C/C=C(\C)C2. The van der Waals surface area contributed by atoms with Crippen molar-refractivity contribution in [3.63, 3.8) is 0 Å². The van der Waals surface area contributed by atoms with Gasteiger partial charge in [0.15, 0.2) is 5.72 Å². The van der Waals surface area contributed by atoms with Crippen LogP contribution in [-0.4, -0.2) is 127 Å². The number of nitrogens with one attached hydrogen (secondary N) is 2. The third-order valence-corrected chi connectivity index (χ3v) is 14.0. The van der Waals surface area contributed by atoms with Crippen LogP contribution in [-0.2, 0) is 44.5 Å². The number of nitrogens with zero attached hydrogens (tertiary/aromatic N) is 2. The van der Waals surface area contributed by atoms with Crippen molar-refractivity contribution < 1.29 is 52.8 Å². The van der Waals surface area contributed by atoms with Crippen molar-refractivity contribution in [2.24, 2.45) is 11.3 Å². The Bertz CT molecular complexity index is 1920. The molecule has 8 atom stereocenters. The van der Waals surface area contributed by atoms with Gasteiger partial charge in [-0.2, -0.15) is 0 Å². The summed E-state index contributed by atoms with van der Waals surface area (Å²) >= 11 is 8.27. The van der Waals surface area contributed by atoms with E-state index in [1.165, 1.54) is 42.8 Å². The number of carbonyl (C=O) groups excluding carboxylic acids is 5. The predicted molar refractivity (Wildman–Crippen MR) is 244 cm³/mol. The molecular weight excluding hydrogens is 852 g/mol. The molecule has 0 unspecified atom stereocenters. The van der Waals surface area contributed by atoms with Crippen LogP contribution in [0.1, 0.15) is 100.0 Å². The number of halogens is 1. The van der Waals surface area contributed by atoms with Crippen LogP contribution in [0.25, 0.3) is 0 Å². The molecule has 4 bridgehead atoms. The zero-order valence-electron chi connectivity index (χ0n) is 39.2. The quantitative estimate of drug-likeness (QED) is 0.147. The van der Waals surface area contributed by atoms with Crippen LogP contribution in [0.15, 0.2) is 35.9 Å². The van der Waals surface area contributed by atoms with Gasteiger partial charge in [-0.15, -0.1) is 11.8 Å². The first-order chi connectivity index (χ1) is 29.2. The highest BCUT2D eigenvalue weighted by Crippen LogP contribution is 2.49. The Kier molecular flexibility index (Phi) is 17.3. The number of rotatable bonds is 13. The number of aliphatic hydroxyl groups is 1. The first kappa shape index (κ1) is 51.8. The van der Waals surface area contributed by atoms with E-state index in [-0.39, 0.29) is 47.3 Å². The van der Waals surface area contributed by atoms with Crippen LogP contribution in [0.3, 0.4) is 0 Å². The molecule has 0 aromatic heterocycles. The molecule has 3 N–H and O–H groups in total. The Hall–Kier alpha value is -3.83. The van der Waals surface area contributed by atoms with Crippen molar-refractivity contribution in [3.8, 4) is 5.75 Å². The van der Waals surface area contributed by atoms with Crippen LogP contribution in [0, 0.1) is 11.3 Å². The molecule has 0 radical (unpaired) electrons. The molecule has 3 heterocycles. The summed E-state index contributed by atoms with van der Waals surface area (Å²) in [6, 6.07) is 2.53. The van der Waals surface area contributed by atoms with Gasteiger partial charge in [0.1, 0.15) is 40.7 Å². The molecule has 2 fully saturated rings. The zero-order chi connectivity index (χ0) is 47.2. The maximum absolute atomic E-state index is 14.3. The number of fused-ring (bicyclic) bond motifs is 5. The molecule has 63 heavy (non-hydrogen) atoms. The van der Waals surface area contributed by atoms with Crippen molar-refractivity contribution in [1.29, 1.82) is 0 Å². The van der Waals surface area contributed by atoms with Crippen molar-refractivity contribution >= 4 is 58.8 Å². The predicted octanol–water partition coefficient (Wildman–Crippen LogP) is 6.36. The number of hydrogen-bond donors (Lipinski definition) is 3. The number of likely N-dealkylation sites (N-methyl/N-ethyl adjacent to an activating group) is 1. The molecule has 1 aromatic rings. The minimum Gasteiger partial charge on any atom is -0.495 e. The van der Waals surface area contributed by atoms with Gasteiger partial charge in [0.2, 0.25) is 17.7 Å². The lowest BCUT2D eigenvalue weighted by atomic mass is 9.83. The Labute approximate surface area is 382 Å². The Morgan fingerprint density at radius 2 is 1.84 bits per heavy atom. The Morgan fingerprint density at radius 3 is 2.48 bits per heavy atom. The van der Waals surface area contributed by atoms with E-state index < -0.39 is 70.4 Å². The molecule has 4 rings (SSSR count). The topological polar surface area (TPSA) is 186 Å². The average molecular weight is 922 g/mol. The molecule has 352 valence electrons. The lowest BCUT2D eigenvalue weighted by Crippen LogP contribution is -2.63. The molecule has 0 spiro atoms. The second kappa shape index (κ2) is 21.0. The third-order valence-electron chi connectivity index (χ3n) is 12.3. The first-order valence-electron chi connectivity index (χ1n) is 21.5. The van der Waals surface area contributed by atoms with Gasteiger partial charge in [-0.25, -0.2) is 9.59 Å². The van der Waals surface area contributed by atoms with E-state index in [0.717, 1.165) is 17.6 Å². The summed E-state index contributed by atoms with van der Waals surface area (Å²) in [4.78, 5) is 70.0. The van der Waals surface area contributed by atoms with Gasteiger partial charge in [0.25, 0.3) is 0 Å². The molecule has 0 saturated carbocycles. The van der Waals surface area contributed by atoms with Crippen molar-refractivity contribution in [2.45, 2.75) is 147 Å². The minimum atomic E-state index is -1.85. The van der Waals surface area contributed by atoms with E-state index in [9.17, 15) is 29.1 Å². The molecule has 3 aliphatic heterocycles. The van der Waals surface area contributed by atoms with Crippen LogP contribution in [0.5, 0.6) is 5.75 Å². The van der Waals surface area contributed by atoms with Crippen molar-refractivity contribution in [1.82, 2.24) is 15.5 Å². The van der Waals surface area contributed by atoms with Crippen molar-refractivity contribution in [3.05, 3.63) is 46.5 Å². The van der Waals surface area contributed by atoms with Crippen LogP contribution in [0.4, 0.5) is 10.5 Å². The fraction of sp³-hybridized carbons (Fsp3) is 0.674. The van der Waals surface area contributed by atoms with Crippen molar-refractivity contribution in [2.75, 3.05) is 45.5 Å². The minimum absolute atomic E-state index is 0.0592. The van der Waals surface area contributed by atoms with Gasteiger partial charge < -0.3 is 43.9 Å². The number of esters is 1. The monoisotopic (exact) mass is 920 g/mol. The fourth-order valence-corrected chi connectivity index (χ4v) is 8.95. The average Bonchev–Trinajstić information content (AvgIpc) is 3.90. The second-order valence-corrected chi connectivity index (χ2v) is 21.2. The number of carbonyl (C=O) groups is 5. The van der Waals surface area contributed by atoms with Gasteiger partial charge >= 0.3 is 12.1 Å². The largest absolute Gasteiger partial charge is 0.495 e. The normalized spacial score (nSPS) is 28.6. The summed E-state index contributed by atoms with van der Waals surface area (Å²) < 4.78 is 29.0. The number of thioether (sulfide) groups is 1. The fourth-order valence-electron chi connectivity index (χ4n) is 7.76. The van der Waals surface area contributed by atoms with Gasteiger partial charge in [-0.3, -0.25) is 19.7 Å². The number of alkyl carbamates (subject to hydrolysis) is 1. The maximum atomic E-state index is 14.3. The second-order valence-electron chi connectivity index (χ2n) is 19.1.